The van der Waals surface area contributed by atoms with E-state index >= 15 is 0 Å². The number of benzene rings is 1. The molecule has 1 aromatic heterocycles. The molecule has 20 heavy (non-hydrogen) atoms. The average molecular weight is 264 g/mol. The first-order valence-electron chi connectivity index (χ1n) is 7.51. The van der Waals surface area contributed by atoms with Crippen LogP contribution in [0, 0.1) is 18.8 Å². The van der Waals surface area contributed by atoms with E-state index in [0.717, 1.165) is 11.6 Å². The van der Waals surface area contributed by atoms with E-state index in [1.54, 1.807) is 5.56 Å². The third-order valence-corrected chi connectivity index (χ3v) is 5.12. The molecule has 1 heterocycles. The molecule has 2 N–H and O–H groups in total. The van der Waals surface area contributed by atoms with Gasteiger partial charge in [-0.15, -0.1) is 0 Å². The van der Waals surface area contributed by atoms with Crippen LogP contribution < -0.4 is 5.73 Å². The third kappa shape index (κ3) is 1.79. The maximum absolute atomic E-state index is 6.53. The van der Waals surface area contributed by atoms with Crippen LogP contribution in [0.1, 0.15) is 40.8 Å². The van der Waals surface area contributed by atoms with Crippen molar-refractivity contribution in [3.63, 3.8) is 0 Å². The first-order chi connectivity index (χ1) is 9.75. The molecule has 0 radical (unpaired) electrons. The maximum atomic E-state index is 6.53. The summed E-state index contributed by atoms with van der Waals surface area (Å²) < 4.78 is 0. The smallest absolute Gasteiger partial charge is 0.0372 e. The van der Waals surface area contributed by atoms with E-state index in [1.165, 1.54) is 24.0 Å². The Hall–Kier alpha value is -1.67. The number of fused-ring (bicyclic) bond motifs is 3. The second-order valence-electron chi connectivity index (χ2n) is 6.26. The van der Waals surface area contributed by atoms with E-state index in [1.807, 2.05) is 13.1 Å². The molecule has 2 nitrogen and oxygen atoms in total. The number of rotatable bonds is 2. The quantitative estimate of drug-likeness (QED) is 0.903. The van der Waals surface area contributed by atoms with Crippen molar-refractivity contribution >= 4 is 0 Å². The van der Waals surface area contributed by atoms with Crippen molar-refractivity contribution in [3.05, 3.63) is 65.0 Å². The van der Waals surface area contributed by atoms with Gasteiger partial charge in [0, 0.05) is 17.9 Å². The van der Waals surface area contributed by atoms with Crippen LogP contribution in [0.5, 0.6) is 0 Å². The van der Waals surface area contributed by atoms with Gasteiger partial charge in [0.05, 0.1) is 0 Å². The van der Waals surface area contributed by atoms with Gasteiger partial charge in [-0.25, -0.2) is 0 Å². The standard InChI is InChI=1S/C18H20N2/c1-11-6-7-13(10-20-11)18(19)17-15-9-8-12-4-2-3-5-14(12)16(15)17/h2-7,10,15-18H,8-9,19H2,1H3. The maximum Gasteiger partial charge on any atom is 0.0372 e. The summed E-state index contributed by atoms with van der Waals surface area (Å²) in [6, 6.07) is 13.2. The Kier molecular flexibility index (Phi) is 2.67. The fourth-order valence-corrected chi connectivity index (χ4v) is 4.01. The summed E-state index contributed by atoms with van der Waals surface area (Å²) in [4.78, 5) is 4.39. The fraction of sp³-hybridized carbons (Fsp3) is 0.389. The fourth-order valence-electron chi connectivity index (χ4n) is 4.01. The minimum atomic E-state index is 0.129. The lowest BCUT2D eigenvalue weighted by Crippen LogP contribution is -2.14. The first kappa shape index (κ1) is 12.1. The Morgan fingerprint density at radius 3 is 2.85 bits per heavy atom. The molecule has 0 amide bonds. The summed E-state index contributed by atoms with van der Waals surface area (Å²) in [5, 5.41) is 0. The van der Waals surface area contributed by atoms with Crippen LogP contribution in [-0.2, 0) is 6.42 Å². The van der Waals surface area contributed by atoms with Crippen molar-refractivity contribution in [3.8, 4) is 0 Å². The lowest BCUT2D eigenvalue weighted by atomic mass is 9.92. The molecule has 0 spiro atoms. The Bertz CT molecular complexity index is 632. The van der Waals surface area contributed by atoms with E-state index in [0.29, 0.717) is 11.8 Å². The van der Waals surface area contributed by atoms with Gasteiger partial charge in [-0.1, -0.05) is 30.3 Å². The molecule has 4 rings (SSSR count). The highest BCUT2D eigenvalue weighted by atomic mass is 14.8. The predicted octanol–water partition coefficient (Wildman–Crippen LogP) is 3.37. The van der Waals surface area contributed by atoms with Crippen molar-refractivity contribution in [1.82, 2.24) is 4.98 Å². The monoisotopic (exact) mass is 264 g/mol. The summed E-state index contributed by atoms with van der Waals surface area (Å²) in [5.41, 5.74) is 11.8. The number of hydrogen-bond acceptors (Lipinski definition) is 2. The lowest BCUT2D eigenvalue weighted by molar-refractivity contribution is 0.554. The van der Waals surface area contributed by atoms with Crippen LogP contribution in [0.15, 0.2) is 42.6 Å². The minimum absolute atomic E-state index is 0.129. The second kappa shape index (κ2) is 4.42. The molecule has 1 aromatic carbocycles. The molecule has 2 heteroatoms. The summed E-state index contributed by atoms with van der Waals surface area (Å²) >= 11 is 0. The van der Waals surface area contributed by atoms with Gasteiger partial charge in [-0.2, -0.15) is 0 Å². The molecule has 2 aliphatic carbocycles. The van der Waals surface area contributed by atoms with Gasteiger partial charge < -0.3 is 5.73 Å². The van der Waals surface area contributed by atoms with Crippen LogP contribution in [0.2, 0.25) is 0 Å². The molecule has 102 valence electrons. The van der Waals surface area contributed by atoms with Gasteiger partial charge in [0.15, 0.2) is 0 Å². The van der Waals surface area contributed by atoms with Crippen LogP contribution >= 0.6 is 0 Å². The number of aromatic nitrogens is 1. The third-order valence-electron chi connectivity index (χ3n) is 5.12. The molecule has 1 saturated carbocycles. The number of pyridine rings is 1. The van der Waals surface area contributed by atoms with Crippen molar-refractivity contribution in [2.75, 3.05) is 0 Å². The number of nitrogens with zero attached hydrogens (tertiary/aromatic N) is 1. The van der Waals surface area contributed by atoms with Gasteiger partial charge in [-0.3, -0.25) is 4.98 Å². The van der Waals surface area contributed by atoms with Crippen molar-refractivity contribution in [2.24, 2.45) is 17.6 Å². The summed E-state index contributed by atoms with van der Waals surface area (Å²) in [7, 11) is 0. The SMILES string of the molecule is Cc1ccc(C(N)C2C3CCc4ccccc4C32)cn1. The molecular weight excluding hydrogens is 244 g/mol. The van der Waals surface area contributed by atoms with Gasteiger partial charge >= 0.3 is 0 Å². The normalized spacial score (nSPS) is 28.4. The van der Waals surface area contributed by atoms with Crippen LogP contribution in [-0.4, -0.2) is 4.98 Å². The molecule has 2 aromatic rings. The zero-order valence-electron chi connectivity index (χ0n) is 11.8. The van der Waals surface area contributed by atoms with Gasteiger partial charge in [0.25, 0.3) is 0 Å². The van der Waals surface area contributed by atoms with Crippen molar-refractivity contribution < 1.29 is 0 Å². The molecule has 2 aliphatic rings. The Labute approximate surface area is 120 Å². The summed E-state index contributed by atoms with van der Waals surface area (Å²) in [6.45, 7) is 2.02. The van der Waals surface area contributed by atoms with Gasteiger partial charge in [0.2, 0.25) is 0 Å². The highest BCUT2D eigenvalue weighted by Gasteiger charge is 2.55. The second-order valence-corrected chi connectivity index (χ2v) is 6.26. The number of hydrogen-bond donors (Lipinski definition) is 1. The lowest BCUT2D eigenvalue weighted by Gasteiger charge is -2.13. The molecular formula is C18H20N2. The van der Waals surface area contributed by atoms with E-state index in [9.17, 15) is 0 Å². The zero-order chi connectivity index (χ0) is 13.7. The number of aryl methyl sites for hydroxylation is 2. The number of nitrogens with two attached hydrogens (primary N) is 1. The summed E-state index contributed by atoms with van der Waals surface area (Å²) in [6.07, 6.45) is 4.46. The minimum Gasteiger partial charge on any atom is -0.324 e. The van der Waals surface area contributed by atoms with Crippen molar-refractivity contribution in [2.45, 2.75) is 31.7 Å². The zero-order valence-corrected chi connectivity index (χ0v) is 11.8. The topological polar surface area (TPSA) is 38.9 Å². The Morgan fingerprint density at radius 2 is 2.05 bits per heavy atom. The van der Waals surface area contributed by atoms with E-state index in [-0.39, 0.29) is 6.04 Å². The Balaban J connectivity index is 1.62. The highest BCUT2D eigenvalue weighted by molar-refractivity contribution is 5.41. The Morgan fingerprint density at radius 1 is 1.20 bits per heavy atom. The molecule has 4 unspecified atom stereocenters. The van der Waals surface area contributed by atoms with Crippen LogP contribution in [0.4, 0.5) is 0 Å². The molecule has 0 saturated heterocycles. The molecule has 1 fully saturated rings. The first-order valence-corrected chi connectivity index (χ1v) is 7.51. The van der Waals surface area contributed by atoms with E-state index in [2.05, 4.69) is 41.4 Å². The largest absolute Gasteiger partial charge is 0.324 e. The van der Waals surface area contributed by atoms with Gasteiger partial charge in [0.1, 0.15) is 0 Å². The predicted molar refractivity (Wildman–Crippen MR) is 80.4 cm³/mol. The highest BCUT2D eigenvalue weighted by Crippen LogP contribution is 2.63. The van der Waals surface area contributed by atoms with Gasteiger partial charge in [-0.05, 0) is 60.3 Å². The average Bonchev–Trinajstić information content (AvgIpc) is 3.22. The van der Waals surface area contributed by atoms with E-state index in [4.69, 9.17) is 5.73 Å². The molecule has 0 aliphatic heterocycles. The van der Waals surface area contributed by atoms with Crippen LogP contribution in [0.3, 0.4) is 0 Å². The molecule has 0 bridgehead atoms. The van der Waals surface area contributed by atoms with E-state index < -0.39 is 0 Å². The van der Waals surface area contributed by atoms with Crippen molar-refractivity contribution in [1.29, 1.82) is 0 Å². The molecule has 4 atom stereocenters. The van der Waals surface area contributed by atoms with Crippen LogP contribution in [0.25, 0.3) is 0 Å². The summed E-state index contributed by atoms with van der Waals surface area (Å²) in [5.74, 6) is 2.06.